The highest BCUT2D eigenvalue weighted by molar-refractivity contribution is 7.91. The van der Waals surface area contributed by atoms with E-state index >= 15 is 0 Å². The Morgan fingerprint density at radius 2 is 1.89 bits per heavy atom. The second-order valence-electron chi connectivity index (χ2n) is 3.99. The Balaban J connectivity index is 2.78. The Hall–Kier alpha value is -0.430. The number of thiophene rings is 1. The summed E-state index contributed by atoms with van der Waals surface area (Å²) in [6, 6.07) is 3.60. The van der Waals surface area contributed by atoms with Gasteiger partial charge in [0.05, 0.1) is 0 Å². The predicted molar refractivity (Wildman–Crippen MR) is 76.4 cm³/mol. The van der Waals surface area contributed by atoms with Gasteiger partial charge in [0.25, 0.3) is 10.0 Å². The van der Waals surface area contributed by atoms with Gasteiger partial charge in [-0.2, -0.15) is 4.31 Å². The maximum absolute atomic E-state index is 12.3. The molecule has 0 unspecified atom stereocenters. The normalized spacial score (nSPS) is 12.2. The first-order chi connectivity index (χ1) is 8.56. The highest BCUT2D eigenvalue weighted by Crippen LogP contribution is 2.24. The van der Waals surface area contributed by atoms with Gasteiger partial charge in [0.1, 0.15) is 4.21 Å². The SMILES string of the molecule is CCCNCc1ccc(S(=O)(=O)N(CC)CC)s1. The Morgan fingerprint density at radius 1 is 1.22 bits per heavy atom. The molecule has 0 spiro atoms. The number of sulfonamides is 1. The van der Waals surface area contributed by atoms with Gasteiger partial charge in [0.2, 0.25) is 0 Å². The molecule has 4 nitrogen and oxygen atoms in total. The molecule has 1 aromatic rings. The van der Waals surface area contributed by atoms with Crippen LogP contribution in [0.1, 0.15) is 32.1 Å². The first-order valence-corrected chi connectivity index (χ1v) is 8.61. The van der Waals surface area contributed by atoms with E-state index in [2.05, 4.69) is 12.2 Å². The predicted octanol–water partition coefficient (Wildman–Crippen LogP) is 2.28. The summed E-state index contributed by atoms with van der Waals surface area (Å²) in [7, 11) is -3.29. The van der Waals surface area contributed by atoms with Crippen LogP contribution in [0, 0.1) is 0 Å². The molecule has 0 aliphatic carbocycles. The first-order valence-electron chi connectivity index (χ1n) is 6.35. The van der Waals surface area contributed by atoms with Crippen molar-refractivity contribution in [2.24, 2.45) is 0 Å². The minimum atomic E-state index is -3.29. The van der Waals surface area contributed by atoms with Crippen LogP contribution < -0.4 is 5.32 Å². The smallest absolute Gasteiger partial charge is 0.252 e. The summed E-state index contributed by atoms with van der Waals surface area (Å²) in [5, 5.41) is 3.28. The van der Waals surface area contributed by atoms with Gasteiger partial charge in [-0.25, -0.2) is 8.42 Å². The number of nitrogens with zero attached hydrogens (tertiary/aromatic N) is 1. The standard InChI is InChI=1S/C12H22N2O2S2/c1-4-9-13-10-11-7-8-12(17-11)18(15,16)14(5-2)6-3/h7-8,13H,4-6,9-10H2,1-3H3. The molecule has 0 saturated heterocycles. The van der Waals surface area contributed by atoms with Gasteiger partial charge in [-0.1, -0.05) is 20.8 Å². The van der Waals surface area contributed by atoms with E-state index in [9.17, 15) is 8.42 Å². The van der Waals surface area contributed by atoms with Crippen molar-refractivity contribution < 1.29 is 8.42 Å². The highest BCUT2D eigenvalue weighted by atomic mass is 32.2. The highest BCUT2D eigenvalue weighted by Gasteiger charge is 2.23. The second-order valence-corrected chi connectivity index (χ2v) is 7.32. The van der Waals surface area contributed by atoms with E-state index in [4.69, 9.17) is 0 Å². The quantitative estimate of drug-likeness (QED) is 0.747. The summed E-state index contributed by atoms with van der Waals surface area (Å²) in [6.07, 6.45) is 1.08. The summed E-state index contributed by atoms with van der Waals surface area (Å²) in [6.45, 7) is 8.55. The first kappa shape index (κ1) is 15.6. The third-order valence-corrected chi connectivity index (χ3v) is 6.27. The fourth-order valence-corrected chi connectivity index (χ4v) is 4.61. The Labute approximate surface area is 114 Å². The lowest BCUT2D eigenvalue weighted by Crippen LogP contribution is -2.29. The molecule has 0 radical (unpaired) electrons. The van der Waals surface area contributed by atoms with Crippen LogP contribution in [0.15, 0.2) is 16.3 Å². The molecule has 0 saturated carbocycles. The van der Waals surface area contributed by atoms with Crippen LogP contribution in [0.3, 0.4) is 0 Å². The van der Waals surface area contributed by atoms with E-state index in [0.717, 1.165) is 24.4 Å². The van der Waals surface area contributed by atoms with Crippen LogP contribution in [0.2, 0.25) is 0 Å². The van der Waals surface area contributed by atoms with Crippen LogP contribution in [-0.2, 0) is 16.6 Å². The molecular formula is C12H22N2O2S2. The molecule has 0 aliphatic rings. The summed E-state index contributed by atoms with van der Waals surface area (Å²) in [4.78, 5) is 1.06. The lowest BCUT2D eigenvalue weighted by atomic mass is 10.4. The molecule has 1 aromatic heterocycles. The lowest BCUT2D eigenvalue weighted by Gasteiger charge is -2.16. The number of rotatable bonds is 8. The molecule has 0 amide bonds. The van der Waals surface area contributed by atoms with Crippen LogP contribution in [-0.4, -0.2) is 32.4 Å². The van der Waals surface area contributed by atoms with Crippen LogP contribution in [0.5, 0.6) is 0 Å². The third-order valence-electron chi connectivity index (χ3n) is 2.66. The molecule has 0 aromatic carbocycles. The Kier molecular flexibility index (Phi) is 6.28. The monoisotopic (exact) mass is 290 g/mol. The summed E-state index contributed by atoms with van der Waals surface area (Å²) >= 11 is 1.36. The summed E-state index contributed by atoms with van der Waals surface area (Å²) in [5.74, 6) is 0. The number of hydrogen-bond acceptors (Lipinski definition) is 4. The van der Waals surface area contributed by atoms with Crippen LogP contribution >= 0.6 is 11.3 Å². The molecule has 18 heavy (non-hydrogen) atoms. The average Bonchev–Trinajstić information content (AvgIpc) is 2.80. The fourth-order valence-electron chi connectivity index (χ4n) is 1.67. The number of hydrogen-bond donors (Lipinski definition) is 1. The minimum absolute atomic E-state index is 0.444. The molecule has 0 aliphatic heterocycles. The Bertz CT molecular complexity index is 450. The van der Waals surface area contributed by atoms with Crippen molar-refractivity contribution in [2.75, 3.05) is 19.6 Å². The van der Waals surface area contributed by atoms with E-state index < -0.39 is 10.0 Å². The zero-order chi connectivity index (χ0) is 13.6. The van der Waals surface area contributed by atoms with Crippen molar-refractivity contribution >= 4 is 21.4 Å². The zero-order valence-corrected chi connectivity index (χ0v) is 12.9. The maximum Gasteiger partial charge on any atom is 0.252 e. The average molecular weight is 290 g/mol. The lowest BCUT2D eigenvalue weighted by molar-refractivity contribution is 0.447. The van der Waals surface area contributed by atoms with E-state index in [1.165, 1.54) is 15.6 Å². The molecule has 0 fully saturated rings. The molecule has 0 atom stereocenters. The third kappa shape index (κ3) is 3.78. The van der Waals surface area contributed by atoms with Gasteiger partial charge in [0, 0.05) is 24.5 Å². The topological polar surface area (TPSA) is 49.4 Å². The van der Waals surface area contributed by atoms with Gasteiger partial charge in [-0.3, -0.25) is 0 Å². The van der Waals surface area contributed by atoms with Crippen molar-refractivity contribution in [1.82, 2.24) is 9.62 Å². The molecular weight excluding hydrogens is 268 g/mol. The van der Waals surface area contributed by atoms with E-state index in [1.807, 2.05) is 19.9 Å². The van der Waals surface area contributed by atoms with Gasteiger partial charge in [-0.05, 0) is 25.1 Å². The van der Waals surface area contributed by atoms with E-state index in [0.29, 0.717) is 17.3 Å². The van der Waals surface area contributed by atoms with E-state index in [-0.39, 0.29) is 0 Å². The molecule has 1 heterocycles. The minimum Gasteiger partial charge on any atom is -0.312 e. The summed E-state index contributed by atoms with van der Waals surface area (Å²) in [5.41, 5.74) is 0. The van der Waals surface area contributed by atoms with Crippen LogP contribution in [0.4, 0.5) is 0 Å². The van der Waals surface area contributed by atoms with Gasteiger partial charge < -0.3 is 5.32 Å². The molecule has 1 N–H and O–H groups in total. The molecule has 104 valence electrons. The van der Waals surface area contributed by atoms with Gasteiger partial charge in [0.15, 0.2) is 0 Å². The van der Waals surface area contributed by atoms with Crippen molar-refractivity contribution in [1.29, 1.82) is 0 Å². The zero-order valence-electron chi connectivity index (χ0n) is 11.3. The van der Waals surface area contributed by atoms with E-state index in [1.54, 1.807) is 6.07 Å². The fraction of sp³-hybridized carbons (Fsp3) is 0.667. The Morgan fingerprint density at radius 3 is 2.44 bits per heavy atom. The molecule has 6 heteroatoms. The van der Waals surface area contributed by atoms with Crippen molar-refractivity contribution in [3.8, 4) is 0 Å². The maximum atomic E-state index is 12.3. The largest absolute Gasteiger partial charge is 0.312 e. The van der Waals surface area contributed by atoms with Crippen molar-refractivity contribution in [3.05, 3.63) is 17.0 Å². The van der Waals surface area contributed by atoms with Gasteiger partial charge in [-0.15, -0.1) is 11.3 Å². The molecule has 0 bridgehead atoms. The van der Waals surface area contributed by atoms with Crippen molar-refractivity contribution in [3.63, 3.8) is 0 Å². The second kappa shape index (κ2) is 7.23. The summed E-state index contributed by atoms with van der Waals surface area (Å²) < 4.78 is 26.4. The van der Waals surface area contributed by atoms with Gasteiger partial charge >= 0.3 is 0 Å². The number of nitrogens with one attached hydrogen (secondary N) is 1. The van der Waals surface area contributed by atoms with Crippen LogP contribution in [0.25, 0.3) is 0 Å². The van der Waals surface area contributed by atoms with Crippen molar-refractivity contribution in [2.45, 2.75) is 37.9 Å². The molecule has 1 rings (SSSR count).